The van der Waals surface area contributed by atoms with Gasteiger partial charge in [0.25, 0.3) is 5.91 Å². The summed E-state index contributed by atoms with van der Waals surface area (Å²) in [6.45, 7) is 1.65. The topological polar surface area (TPSA) is 103 Å². The van der Waals surface area contributed by atoms with E-state index in [4.69, 9.17) is 13.5 Å². The van der Waals surface area contributed by atoms with Crippen molar-refractivity contribution in [2.45, 2.75) is 18.4 Å². The third-order valence-electron chi connectivity index (χ3n) is 4.47. The smallest absolute Gasteiger partial charge is 0.257 e. The molecule has 0 saturated carbocycles. The maximum atomic E-state index is 12.8. The Balaban J connectivity index is 1.63. The number of ether oxygens (including phenoxy) is 1. The average Bonchev–Trinajstić information content (AvgIpc) is 3.24. The molecule has 0 spiro atoms. The highest BCUT2D eigenvalue weighted by Crippen LogP contribution is 2.35. The van der Waals surface area contributed by atoms with Gasteiger partial charge in [-0.15, -0.1) is 0 Å². The van der Waals surface area contributed by atoms with E-state index < -0.39 is 0 Å². The molecule has 1 amide bonds. The van der Waals surface area contributed by atoms with E-state index in [1.54, 1.807) is 42.6 Å². The minimum absolute atomic E-state index is 0.269. The molecule has 0 bridgehead atoms. The van der Waals surface area contributed by atoms with Gasteiger partial charge in [0.2, 0.25) is 0 Å². The zero-order valence-electron chi connectivity index (χ0n) is 17.3. The number of pyridine rings is 1. The Hall–Kier alpha value is -3.37. The van der Waals surface area contributed by atoms with Crippen LogP contribution in [0, 0.1) is 6.92 Å². The Morgan fingerprint density at radius 1 is 1.16 bits per heavy atom. The quantitative estimate of drug-likeness (QED) is 0.212. The van der Waals surface area contributed by atoms with E-state index in [2.05, 4.69) is 15.2 Å². The number of aromatic nitrogens is 1. The lowest BCUT2D eigenvalue weighted by atomic mass is 10.1. The second-order valence-corrected chi connectivity index (χ2v) is 7.60. The average molecular weight is 452 g/mol. The van der Waals surface area contributed by atoms with E-state index in [0.29, 0.717) is 39.6 Å². The number of carbonyl (C=O) groups is 1. The molecule has 0 aliphatic rings. The van der Waals surface area contributed by atoms with Gasteiger partial charge in [-0.1, -0.05) is 6.07 Å². The van der Waals surface area contributed by atoms with Gasteiger partial charge in [-0.3, -0.25) is 4.79 Å². The van der Waals surface area contributed by atoms with E-state index >= 15 is 0 Å². The highest BCUT2D eigenvalue weighted by Gasteiger charge is 2.16. The lowest BCUT2D eigenvalue weighted by Gasteiger charge is -2.10. The predicted octanol–water partition coefficient (Wildman–Crippen LogP) is 5.26. The Labute approximate surface area is 188 Å². The highest BCUT2D eigenvalue weighted by molar-refractivity contribution is 7.94. The summed E-state index contributed by atoms with van der Waals surface area (Å²) in [6.07, 6.45) is 1.67. The van der Waals surface area contributed by atoms with Gasteiger partial charge in [0.1, 0.15) is 35.3 Å². The standard InChI is InChI=1S/C23H20N2O6S/c1-14-3-8-22(24-12-14)25-23(27)15-9-20(19-11-17(13-26)30-21(19)10-15)29-16-4-6-18(7-5-16)32-31-28-2/h3-12,26H,13H2,1-2H3,(H,24,25,27). The van der Waals surface area contributed by atoms with Gasteiger partial charge in [-0.2, -0.15) is 4.33 Å². The van der Waals surface area contributed by atoms with Crippen molar-refractivity contribution in [3.05, 3.63) is 77.7 Å². The molecule has 0 aliphatic heterocycles. The van der Waals surface area contributed by atoms with Gasteiger partial charge < -0.3 is 19.6 Å². The first kappa shape index (κ1) is 21.8. The van der Waals surface area contributed by atoms with Crippen molar-refractivity contribution < 1.29 is 28.3 Å². The Morgan fingerprint density at radius 2 is 1.97 bits per heavy atom. The van der Waals surface area contributed by atoms with Gasteiger partial charge in [-0.25, -0.2) is 9.87 Å². The van der Waals surface area contributed by atoms with Crippen LogP contribution in [0.2, 0.25) is 0 Å². The first-order valence-corrected chi connectivity index (χ1v) is 10.4. The normalized spacial score (nSPS) is 11.0. The van der Waals surface area contributed by atoms with Gasteiger partial charge >= 0.3 is 0 Å². The van der Waals surface area contributed by atoms with Crippen LogP contribution in [-0.2, 0) is 15.8 Å². The summed E-state index contributed by atoms with van der Waals surface area (Å²) in [5.41, 5.74) is 1.74. The Morgan fingerprint density at radius 3 is 2.66 bits per heavy atom. The fourth-order valence-corrected chi connectivity index (χ4v) is 3.34. The lowest BCUT2D eigenvalue weighted by Crippen LogP contribution is -2.13. The summed E-state index contributed by atoms with van der Waals surface area (Å²) in [5.74, 6) is 1.41. The summed E-state index contributed by atoms with van der Waals surface area (Å²) < 4.78 is 16.5. The van der Waals surface area contributed by atoms with Crippen molar-refractivity contribution in [3.63, 3.8) is 0 Å². The van der Waals surface area contributed by atoms with Crippen LogP contribution < -0.4 is 10.1 Å². The third-order valence-corrected chi connectivity index (χ3v) is 5.14. The molecule has 0 radical (unpaired) electrons. The molecule has 0 saturated heterocycles. The second-order valence-electron chi connectivity index (χ2n) is 6.82. The number of carbonyl (C=O) groups excluding carboxylic acids is 1. The molecule has 8 nitrogen and oxygen atoms in total. The van der Waals surface area contributed by atoms with Gasteiger partial charge in [0, 0.05) is 16.7 Å². The number of nitrogens with one attached hydrogen (secondary N) is 1. The molecular formula is C23H20N2O6S. The molecular weight excluding hydrogens is 432 g/mol. The van der Waals surface area contributed by atoms with E-state index in [9.17, 15) is 9.90 Å². The maximum Gasteiger partial charge on any atom is 0.257 e. The Bertz CT molecular complexity index is 1220. The third kappa shape index (κ3) is 5.09. The number of aliphatic hydroxyl groups excluding tert-OH is 1. The number of furan rings is 1. The number of hydrogen-bond donors (Lipinski definition) is 2. The SMILES string of the molecule is COOSc1ccc(Oc2cc(C(=O)Nc3ccc(C)cn3)cc3oc(CO)cc23)cc1. The van der Waals surface area contributed by atoms with Crippen LogP contribution in [-0.4, -0.2) is 23.1 Å². The molecule has 2 N–H and O–H groups in total. The van der Waals surface area contributed by atoms with E-state index in [0.717, 1.165) is 22.5 Å². The highest BCUT2D eigenvalue weighted by atomic mass is 32.2. The van der Waals surface area contributed by atoms with Crippen molar-refractivity contribution in [1.29, 1.82) is 0 Å². The van der Waals surface area contributed by atoms with E-state index in [-0.39, 0.29) is 12.5 Å². The molecule has 2 heterocycles. The van der Waals surface area contributed by atoms with Gasteiger partial charge in [-0.05, 0) is 61.0 Å². The summed E-state index contributed by atoms with van der Waals surface area (Å²) in [7, 11) is 1.43. The van der Waals surface area contributed by atoms with Crippen LogP contribution in [0.4, 0.5) is 5.82 Å². The first-order valence-electron chi connectivity index (χ1n) is 9.62. The minimum atomic E-state index is -0.362. The van der Waals surface area contributed by atoms with Crippen LogP contribution in [0.5, 0.6) is 11.5 Å². The molecule has 2 aromatic carbocycles. The molecule has 0 fully saturated rings. The molecule has 0 atom stereocenters. The molecule has 2 aromatic heterocycles. The number of fused-ring (bicyclic) bond motifs is 1. The Kier molecular flexibility index (Phi) is 6.72. The van der Waals surface area contributed by atoms with Crippen molar-refractivity contribution in [2.24, 2.45) is 0 Å². The fourth-order valence-electron chi connectivity index (χ4n) is 2.95. The zero-order chi connectivity index (χ0) is 22.5. The number of nitrogens with zero attached hydrogens (tertiary/aromatic N) is 1. The molecule has 0 unspecified atom stereocenters. The number of benzene rings is 2. The van der Waals surface area contributed by atoms with Crippen LogP contribution in [0.3, 0.4) is 0 Å². The van der Waals surface area contributed by atoms with Crippen molar-refractivity contribution in [2.75, 3.05) is 12.4 Å². The molecule has 32 heavy (non-hydrogen) atoms. The monoisotopic (exact) mass is 452 g/mol. The minimum Gasteiger partial charge on any atom is -0.458 e. The largest absolute Gasteiger partial charge is 0.458 e. The second kappa shape index (κ2) is 9.84. The van der Waals surface area contributed by atoms with Gasteiger partial charge in [0.05, 0.1) is 24.5 Å². The van der Waals surface area contributed by atoms with E-state index in [1.807, 2.05) is 25.1 Å². The lowest BCUT2D eigenvalue weighted by molar-refractivity contribution is -0.160. The fraction of sp³-hybridized carbons (Fsp3) is 0.130. The summed E-state index contributed by atoms with van der Waals surface area (Å²) in [6, 6.07) is 15.7. The molecule has 9 heteroatoms. The van der Waals surface area contributed by atoms with Crippen LogP contribution in [0.15, 0.2) is 70.1 Å². The number of amides is 1. The number of aliphatic hydroxyl groups is 1. The first-order chi connectivity index (χ1) is 15.6. The molecule has 164 valence electrons. The number of aryl methyl sites for hydroxylation is 1. The number of rotatable bonds is 8. The van der Waals surface area contributed by atoms with Crippen LogP contribution >= 0.6 is 12.0 Å². The number of hydrogen-bond acceptors (Lipinski definition) is 8. The molecule has 0 aliphatic carbocycles. The van der Waals surface area contributed by atoms with Crippen LogP contribution in [0.25, 0.3) is 11.0 Å². The van der Waals surface area contributed by atoms with Gasteiger partial charge in [0.15, 0.2) is 0 Å². The van der Waals surface area contributed by atoms with Crippen molar-refractivity contribution in [3.8, 4) is 11.5 Å². The molecule has 4 rings (SSSR count). The maximum absolute atomic E-state index is 12.8. The van der Waals surface area contributed by atoms with E-state index in [1.165, 1.54) is 7.11 Å². The number of anilines is 1. The van der Waals surface area contributed by atoms with Crippen molar-refractivity contribution >= 4 is 34.7 Å². The zero-order valence-corrected chi connectivity index (χ0v) is 18.1. The summed E-state index contributed by atoms with van der Waals surface area (Å²) >= 11 is 1.07. The predicted molar refractivity (Wildman–Crippen MR) is 120 cm³/mol. The van der Waals surface area contributed by atoms with Crippen molar-refractivity contribution in [1.82, 2.24) is 4.98 Å². The van der Waals surface area contributed by atoms with Crippen LogP contribution in [0.1, 0.15) is 21.7 Å². The summed E-state index contributed by atoms with van der Waals surface area (Å²) in [4.78, 5) is 22.4. The molecule has 4 aromatic rings. The summed E-state index contributed by atoms with van der Waals surface area (Å²) in [5, 5.41) is 12.9.